The molecule has 0 amide bonds. The number of pyridine rings is 1. The van der Waals surface area contributed by atoms with Crippen LogP contribution in [0.4, 0.5) is 19.0 Å². The molecule has 0 spiro atoms. The van der Waals surface area contributed by atoms with E-state index >= 15 is 0 Å². The molecule has 0 atom stereocenters. The number of aldehydes is 1. The molecule has 1 fully saturated rings. The average molecular weight is 336 g/mol. The van der Waals surface area contributed by atoms with E-state index in [9.17, 15) is 18.0 Å². The molecule has 7 heteroatoms. The molecule has 0 bridgehead atoms. The van der Waals surface area contributed by atoms with Gasteiger partial charge in [-0.3, -0.25) is 4.79 Å². The number of anilines is 1. The number of rotatable bonds is 3. The Morgan fingerprint density at radius 1 is 1.12 bits per heavy atom. The number of carbonyl (C=O) groups excluding carboxylic acids is 1. The van der Waals surface area contributed by atoms with E-state index in [2.05, 4.69) is 4.98 Å². The summed E-state index contributed by atoms with van der Waals surface area (Å²) in [4.78, 5) is 16.7. The zero-order valence-corrected chi connectivity index (χ0v) is 12.7. The fourth-order valence-corrected chi connectivity index (χ4v) is 2.59. The molecule has 1 aromatic heterocycles. The van der Waals surface area contributed by atoms with Crippen LogP contribution in [-0.2, 0) is 10.9 Å². The molecule has 4 nitrogen and oxygen atoms in total. The maximum atomic E-state index is 13.1. The molecule has 1 saturated heterocycles. The molecule has 0 saturated carbocycles. The second-order valence-electron chi connectivity index (χ2n) is 5.43. The number of alkyl halides is 3. The summed E-state index contributed by atoms with van der Waals surface area (Å²) < 4.78 is 44.5. The van der Waals surface area contributed by atoms with Gasteiger partial charge in [0.1, 0.15) is 12.1 Å². The zero-order chi connectivity index (χ0) is 17.2. The predicted octanol–water partition coefficient (Wildman–Crippen LogP) is 3.42. The van der Waals surface area contributed by atoms with Gasteiger partial charge in [-0.2, -0.15) is 13.2 Å². The van der Waals surface area contributed by atoms with Crippen LogP contribution in [0.5, 0.6) is 0 Å². The van der Waals surface area contributed by atoms with Gasteiger partial charge in [0.25, 0.3) is 0 Å². The summed E-state index contributed by atoms with van der Waals surface area (Å²) in [6.07, 6.45) is -2.92. The minimum Gasteiger partial charge on any atom is -0.378 e. The van der Waals surface area contributed by atoms with Crippen LogP contribution in [0.25, 0.3) is 11.1 Å². The number of morpholine rings is 1. The summed E-state index contributed by atoms with van der Waals surface area (Å²) in [5.74, 6) is 0.491. The number of ether oxygens (including phenoxy) is 1. The van der Waals surface area contributed by atoms with Gasteiger partial charge in [-0.25, -0.2) is 4.98 Å². The first-order valence-corrected chi connectivity index (χ1v) is 7.44. The second-order valence-corrected chi connectivity index (χ2v) is 5.43. The lowest BCUT2D eigenvalue weighted by atomic mass is 10.0. The van der Waals surface area contributed by atoms with Crippen molar-refractivity contribution >= 4 is 12.1 Å². The first-order valence-electron chi connectivity index (χ1n) is 7.44. The van der Waals surface area contributed by atoms with E-state index in [1.807, 2.05) is 4.90 Å². The number of hydrogen-bond donors (Lipinski definition) is 0. The minimum absolute atomic E-state index is 0.393. The molecule has 0 radical (unpaired) electrons. The van der Waals surface area contributed by atoms with Gasteiger partial charge in [0.2, 0.25) is 0 Å². The molecule has 0 N–H and O–H groups in total. The van der Waals surface area contributed by atoms with E-state index in [0.717, 1.165) is 12.3 Å². The van der Waals surface area contributed by atoms with Gasteiger partial charge < -0.3 is 9.64 Å². The minimum atomic E-state index is -4.46. The van der Waals surface area contributed by atoms with Crippen molar-refractivity contribution in [3.8, 4) is 11.1 Å². The van der Waals surface area contributed by atoms with Gasteiger partial charge in [0, 0.05) is 30.4 Å². The summed E-state index contributed by atoms with van der Waals surface area (Å²) in [7, 11) is 0. The number of nitrogens with zero attached hydrogens (tertiary/aromatic N) is 2. The molecule has 126 valence electrons. The Kier molecular flexibility index (Phi) is 4.53. The summed E-state index contributed by atoms with van der Waals surface area (Å²) >= 11 is 0. The van der Waals surface area contributed by atoms with Crippen molar-refractivity contribution in [3.63, 3.8) is 0 Å². The topological polar surface area (TPSA) is 42.4 Å². The number of aromatic nitrogens is 1. The third kappa shape index (κ3) is 3.41. The molecule has 1 aliphatic rings. The van der Waals surface area contributed by atoms with Crippen LogP contribution in [0.3, 0.4) is 0 Å². The van der Waals surface area contributed by atoms with Crippen LogP contribution in [0, 0.1) is 0 Å². The highest BCUT2D eigenvalue weighted by molar-refractivity contribution is 5.80. The van der Waals surface area contributed by atoms with Crippen molar-refractivity contribution in [2.45, 2.75) is 6.18 Å². The lowest BCUT2D eigenvalue weighted by molar-refractivity contribution is -0.137. The van der Waals surface area contributed by atoms with E-state index in [1.54, 1.807) is 24.3 Å². The van der Waals surface area contributed by atoms with Crippen molar-refractivity contribution in [2.24, 2.45) is 0 Å². The Morgan fingerprint density at radius 3 is 2.38 bits per heavy atom. The summed E-state index contributed by atoms with van der Waals surface area (Å²) in [5, 5.41) is 0. The Morgan fingerprint density at radius 2 is 1.79 bits per heavy atom. The molecule has 2 heterocycles. The molecule has 0 unspecified atom stereocenters. The maximum absolute atomic E-state index is 13.1. The first kappa shape index (κ1) is 16.4. The molecular formula is C17H15F3N2O2. The van der Waals surface area contributed by atoms with Gasteiger partial charge in [-0.05, 0) is 11.6 Å². The molecule has 3 rings (SSSR count). The van der Waals surface area contributed by atoms with Gasteiger partial charge >= 0.3 is 6.18 Å². The molecular weight excluding hydrogens is 321 g/mol. The van der Waals surface area contributed by atoms with Crippen LogP contribution in [0.15, 0.2) is 36.5 Å². The monoisotopic (exact) mass is 336 g/mol. The fourth-order valence-electron chi connectivity index (χ4n) is 2.59. The summed E-state index contributed by atoms with van der Waals surface area (Å²) in [5.41, 5.74) is 0.644. The third-order valence-electron chi connectivity index (χ3n) is 3.86. The number of hydrogen-bond acceptors (Lipinski definition) is 4. The highest BCUT2D eigenvalue weighted by Crippen LogP contribution is 2.36. The molecule has 1 aliphatic heterocycles. The van der Waals surface area contributed by atoms with Crippen molar-refractivity contribution in [3.05, 3.63) is 47.7 Å². The standard InChI is InChI=1S/C17H15F3N2O2/c18-17(19,20)14-9-15(13-3-1-12(11-23)2-4-13)16(21-10-14)22-5-7-24-8-6-22/h1-4,9-11H,5-8H2. The van der Waals surface area contributed by atoms with Crippen LogP contribution in [-0.4, -0.2) is 37.6 Å². The predicted molar refractivity (Wildman–Crippen MR) is 83.1 cm³/mol. The van der Waals surface area contributed by atoms with Crippen LogP contribution >= 0.6 is 0 Å². The normalized spacial score (nSPS) is 15.4. The third-order valence-corrected chi connectivity index (χ3v) is 3.86. The van der Waals surface area contributed by atoms with E-state index in [0.29, 0.717) is 55.1 Å². The van der Waals surface area contributed by atoms with Crippen molar-refractivity contribution < 1.29 is 22.7 Å². The number of benzene rings is 1. The Hall–Kier alpha value is -2.41. The first-order chi connectivity index (χ1) is 11.5. The Balaban J connectivity index is 2.08. The van der Waals surface area contributed by atoms with Crippen LogP contribution in [0.1, 0.15) is 15.9 Å². The smallest absolute Gasteiger partial charge is 0.378 e. The largest absolute Gasteiger partial charge is 0.417 e. The Bertz CT molecular complexity index is 724. The Labute approximate surface area is 136 Å². The van der Waals surface area contributed by atoms with Gasteiger partial charge in [0.05, 0.1) is 18.8 Å². The number of carbonyl (C=O) groups is 1. The zero-order valence-electron chi connectivity index (χ0n) is 12.7. The lowest BCUT2D eigenvalue weighted by Gasteiger charge is -2.30. The van der Waals surface area contributed by atoms with Crippen LogP contribution < -0.4 is 4.90 Å². The maximum Gasteiger partial charge on any atom is 0.417 e. The van der Waals surface area contributed by atoms with Crippen molar-refractivity contribution in [2.75, 3.05) is 31.2 Å². The summed E-state index contributed by atoms with van der Waals surface area (Å²) in [6.45, 7) is 2.15. The summed E-state index contributed by atoms with van der Waals surface area (Å²) in [6, 6.07) is 7.51. The SMILES string of the molecule is O=Cc1ccc(-c2cc(C(F)(F)F)cnc2N2CCOCC2)cc1. The van der Waals surface area contributed by atoms with E-state index in [-0.39, 0.29) is 0 Å². The van der Waals surface area contributed by atoms with E-state index < -0.39 is 11.7 Å². The molecule has 24 heavy (non-hydrogen) atoms. The molecule has 1 aromatic carbocycles. The van der Waals surface area contributed by atoms with Gasteiger partial charge in [-0.1, -0.05) is 24.3 Å². The highest BCUT2D eigenvalue weighted by atomic mass is 19.4. The molecule has 2 aromatic rings. The second kappa shape index (κ2) is 6.60. The average Bonchev–Trinajstić information content (AvgIpc) is 2.61. The van der Waals surface area contributed by atoms with E-state index in [1.165, 1.54) is 0 Å². The lowest BCUT2D eigenvalue weighted by Crippen LogP contribution is -2.37. The van der Waals surface area contributed by atoms with E-state index in [4.69, 9.17) is 4.74 Å². The number of halogens is 3. The van der Waals surface area contributed by atoms with Crippen molar-refractivity contribution in [1.82, 2.24) is 4.98 Å². The van der Waals surface area contributed by atoms with Crippen LogP contribution in [0.2, 0.25) is 0 Å². The van der Waals surface area contributed by atoms with Crippen molar-refractivity contribution in [1.29, 1.82) is 0 Å². The highest BCUT2D eigenvalue weighted by Gasteiger charge is 2.32. The molecule has 0 aliphatic carbocycles. The van der Waals surface area contributed by atoms with Gasteiger partial charge in [-0.15, -0.1) is 0 Å². The quantitative estimate of drug-likeness (QED) is 0.806. The van der Waals surface area contributed by atoms with Gasteiger partial charge in [0.15, 0.2) is 0 Å². The fraction of sp³-hybridized carbons (Fsp3) is 0.294.